The van der Waals surface area contributed by atoms with Crippen LogP contribution in [0.25, 0.3) is 83.6 Å². The Hall–Kier alpha value is -6.46. The van der Waals surface area contributed by atoms with Crippen LogP contribution in [0.15, 0.2) is 168 Å². The molecular formula is C58H50FIrN3O-2. The number of hydrogen-bond donors (Lipinski definition) is 0. The van der Waals surface area contributed by atoms with Crippen LogP contribution < -0.4 is 0 Å². The van der Waals surface area contributed by atoms with Gasteiger partial charge in [0.05, 0.1) is 22.4 Å². The predicted octanol–water partition coefficient (Wildman–Crippen LogP) is 16.0. The molecule has 1 radical (unpaired) electrons. The molecule has 64 heavy (non-hydrogen) atoms. The fraction of sp³-hybridized carbons (Fsp3) is 0.172. The largest absolute Gasteiger partial charge is 0.501 e. The van der Waals surface area contributed by atoms with Gasteiger partial charge < -0.3 is 14.0 Å². The van der Waals surface area contributed by atoms with Crippen molar-refractivity contribution in [2.75, 3.05) is 0 Å². The smallest absolute Gasteiger partial charge is 0.131 e. The zero-order valence-electron chi connectivity index (χ0n) is 37.2. The van der Waals surface area contributed by atoms with Gasteiger partial charge in [0.25, 0.3) is 0 Å². The molecule has 0 amide bonds. The number of halogens is 1. The van der Waals surface area contributed by atoms with E-state index in [9.17, 15) is 0 Å². The molecule has 10 rings (SSSR count). The van der Waals surface area contributed by atoms with E-state index in [1.807, 2.05) is 85.1 Å². The summed E-state index contributed by atoms with van der Waals surface area (Å²) in [4.78, 5) is 9.63. The van der Waals surface area contributed by atoms with E-state index in [4.69, 9.17) is 9.40 Å². The van der Waals surface area contributed by atoms with Crippen LogP contribution in [0.3, 0.4) is 0 Å². The summed E-state index contributed by atoms with van der Waals surface area (Å²) in [6.07, 6.45) is 1.87. The first-order chi connectivity index (χ1) is 30.5. The van der Waals surface area contributed by atoms with Gasteiger partial charge in [0.2, 0.25) is 0 Å². The average Bonchev–Trinajstić information content (AvgIpc) is 3.87. The molecule has 0 saturated carbocycles. The van der Waals surface area contributed by atoms with Gasteiger partial charge in [-0.15, -0.1) is 54.1 Å². The van der Waals surface area contributed by atoms with Crippen molar-refractivity contribution in [2.45, 2.75) is 65.7 Å². The Labute approximate surface area is 389 Å². The van der Waals surface area contributed by atoms with Crippen LogP contribution in [0.5, 0.6) is 0 Å². The normalized spacial score (nSPS) is 11.6. The monoisotopic (exact) mass is 1020 g/mol. The van der Waals surface area contributed by atoms with Crippen molar-refractivity contribution < 1.29 is 28.9 Å². The van der Waals surface area contributed by atoms with E-state index in [-0.39, 0.29) is 43.2 Å². The van der Waals surface area contributed by atoms with E-state index in [2.05, 4.69) is 143 Å². The molecule has 0 aliphatic carbocycles. The topological polar surface area (TPSA) is 43.9 Å². The average molecular weight is 1020 g/mol. The van der Waals surface area contributed by atoms with E-state index in [1.54, 1.807) is 6.07 Å². The molecular weight excluding hydrogens is 966 g/mol. The summed E-state index contributed by atoms with van der Waals surface area (Å²) in [5, 5.41) is 1.56. The molecule has 0 aliphatic rings. The SMILES string of the molecule is CC(C)(C)c1ccnc(-c2[c-]cccc2)c1.CC(C)c1cc(-c2ccccc2)cc(C(C)C)c1-n1c(-c2[c-]ccc3c2oc2cc(-c4ccccc4)c(F)cc23)nc2ccccc21.[Ir]. The number of fused-ring (bicyclic) bond motifs is 4. The number of hydrogen-bond acceptors (Lipinski definition) is 3. The van der Waals surface area contributed by atoms with Gasteiger partial charge in [0, 0.05) is 42.9 Å². The van der Waals surface area contributed by atoms with Gasteiger partial charge in [0.1, 0.15) is 11.4 Å². The molecule has 7 aromatic carbocycles. The van der Waals surface area contributed by atoms with Gasteiger partial charge in [-0.05, 0) is 98.8 Å². The Morgan fingerprint density at radius 3 is 1.95 bits per heavy atom. The second kappa shape index (κ2) is 18.3. The molecule has 0 bridgehead atoms. The molecule has 3 aromatic heterocycles. The minimum atomic E-state index is -0.283. The Kier molecular flexibility index (Phi) is 12.6. The summed E-state index contributed by atoms with van der Waals surface area (Å²) in [7, 11) is 0. The summed E-state index contributed by atoms with van der Waals surface area (Å²) < 4.78 is 24.5. The fourth-order valence-electron chi connectivity index (χ4n) is 8.40. The van der Waals surface area contributed by atoms with Crippen molar-refractivity contribution in [3.8, 4) is 50.6 Å². The first-order valence-electron chi connectivity index (χ1n) is 21.7. The first-order valence-corrected chi connectivity index (χ1v) is 21.7. The molecule has 0 fully saturated rings. The number of pyridine rings is 1. The minimum absolute atomic E-state index is 0. The molecule has 0 N–H and O–H groups in total. The summed E-state index contributed by atoms with van der Waals surface area (Å²) in [5.74, 6) is 0.946. The van der Waals surface area contributed by atoms with Gasteiger partial charge in [-0.25, -0.2) is 4.39 Å². The van der Waals surface area contributed by atoms with Crippen molar-refractivity contribution in [2.24, 2.45) is 0 Å². The number of rotatable bonds is 7. The van der Waals surface area contributed by atoms with E-state index < -0.39 is 0 Å². The van der Waals surface area contributed by atoms with Gasteiger partial charge >= 0.3 is 0 Å². The zero-order valence-corrected chi connectivity index (χ0v) is 39.6. The molecule has 4 nitrogen and oxygen atoms in total. The zero-order chi connectivity index (χ0) is 43.8. The van der Waals surface area contributed by atoms with Gasteiger partial charge in [-0.3, -0.25) is 4.98 Å². The number of imidazole rings is 1. The third-order valence-electron chi connectivity index (χ3n) is 11.7. The number of furan rings is 1. The van der Waals surface area contributed by atoms with Crippen molar-refractivity contribution in [1.82, 2.24) is 14.5 Å². The first kappa shape index (κ1) is 44.2. The number of para-hydroxylation sites is 2. The molecule has 321 valence electrons. The van der Waals surface area contributed by atoms with Crippen molar-refractivity contribution >= 4 is 33.0 Å². The Morgan fingerprint density at radius 2 is 1.30 bits per heavy atom. The van der Waals surface area contributed by atoms with Crippen LogP contribution in [0, 0.1) is 17.9 Å². The minimum Gasteiger partial charge on any atom is -0.501 e. The third-order valence-corrected chi connectivity index (χ3v) is 11.7. The van der Waals surface area contributed by atoms with Crippen molar-refractivity contribution in [3.05, 3.63) is 199 Å². The molecule has 0 unspecified atom stereocenters. The molecule has 0 spiro atoms. The van der Waals surface area contributed by atoms with Gasteiger partial charge in [-0.2, -0.15) is 0 Å². The summed E-state index contributed by atoms with van der Waals surface area (Å²) in [6.45, 7) is 15.6. The van der Waals surface area contributed by atoms with Crippen LogP contribution in [-0.4, -0.2) is 14.5 Å². The van der Waals surface area contributed by atoms with Gasteiger partial charge in [-0.1, -0.05) is 138 Å². The molecule has 0 atom stereocenters. The van der Waals surface area contributed by atoms with Crippen LogP contribution in [0.1, 0.15) is 77.0 Å². The van der Waals surface area contributed by atoms with E-state index in [0.717, 1.165) is 55.7 Å². The molecule has 0 aliphatic heterocycles. The number of aromatic nitrogens is 3. The summed E-state index contributed by atoms with van der Waals surface area (Å²) in [5.41, 5.74) is 14.7. The van der Waals surface area contributed by atoms with E-state index in [0.29, 0.717) is 16.7 Å². The Balaban J connectivity index is 0.000000279. The molecule has 3 heterocycles. The second-order valence-corrected chi connectivity index (χ2v) is 17.8. The fourth-order valence-corrected chi connectivity index (χ4v) is 8.40. The summed E-state index contributed by atoms with van der Waals surface area (Å²) in [6, 6.07) is 59.2. The van der Waals surface area contributed by atoms with Crippen LogP contribution >= 0.6 is 0 Å². The second-order valence-electron chi connectivity index (χ2n) is 17.8. The van der Waals surface area contributed by atoms with Gasteiger partial charge in [0.15, 0.2) is 0 Å². The predicted molar refractivity (Wildman–Crippen MR) is 259 cm³/mol. The van der Waals surface area contributed by atoms with Crippen molar-refractivity contribution in [1.29, 1.82) is 0 Å². The quantitative estimate of drug-likeness (QED) is 0.149. The Morgan fingerprint density at radius 1 is 0.641 bits per heavy atom. The molecule has 6 heteroatoms. The van der Waals surface area contributed by atoms with E-state index in [1.165, 1.54) is 27.8 Å². The maximum absolute atomic E-state index is 15.6. The van der Waals surface area contributed by atoms with E-state index >= 15 is 4.39 Å². The third kappa shape index (κ3) is 8.61. The standard InChI is InChI=1S/C43H34FN2O.C15H16N.Ir/c1-26(2)33-22-30(28-14-7-5-8-15-28)23-34(27(3)4)41(33)46-39-21-12-11-20-38(39)45-43(46)32-19-13-18-31-36-24-37(44)35(25-40(36)47-42(31)32)29-16-9-6-10-17-29;1-15(2,3)13-9-10-16-14(11-13)12-7-5-4-6-8-12;/h5-18,20-27H,1-4H3;4-7,9-11H,1-3H3;/q2*-1;. The number of benzene rings is 7. The van der Waals surface area contributed by atoms with Crippen LogP contribution in [0.2, 0.25) is 0 Å². The Bertz CT molecular complexity index is 3190. The maximum Gasteiger partial charge on any atom is 0.131 e. The number of nitrogens with zero attached hydrogens (tertiary/aromatic N) is 3. The molecule has 0 saturated heterocycles. The van der Waals surface area contributed by atoms with Crippen LogP contribution in [0.4, 0.5) is 4.39 Å². The maximum atomic E-state index is 15.6. The molecule has 10 aromatic rings. The van der Waals surface area contributed by atoms with Crippen LogP contribution in [-0.2, 0) is 25.5 Å². The summed E-state index contributed by atoms with van der Waals surface area (Å²) >= 11 is 0. The van der Waals surface area contributed by atoms with Crippen molar-refractivity contribution in [3.63, 3.8) is 0 Å².